The third-order valence-corrected chi connectivity index (χ3v) is 22.1. The molecule has 0 saturated heterocycles. The van der Waals surface area contributed by atoms with Crippen molar-refractivity contribution in [3.8, 4) is 22.3 Å². The fraction of sp³-hybridized carbons (Fsp3) is 0.255. The Morgan fingerprint density at radius 3 is 1.33 bits per heavy atom. The van der Waals surface area contributed by atoms with Crippen molar-refractivity contribution in [1.29, 1.82) is 0 Å². The summed E-state index contributed by atoms with van der Waals surface area (Å²) in [6, 6.07) is 56.8. The van der Waals surface area contributed by atoms with Crippen molar-refractivity contribution in [2.75, 3.05) is 29.9 Å². The maximum atomic E-state index is 2.69. The van der Waals surface area contributed by atoms with Crippen molar-refractivity contribution < 1.29 is 0 Å². The summed E-state index contributed by atoms with van der Waals surface area (Å²) < 4.78 is -0.0906. The molecule has 0 amide bonds. The number of para-hydroxylation sites is 2. The first kappa shape index (κ1) is 37.9. The topological polar surface area (TPSA) is 3.24 Å². The average Bonchev–Trinajstić information content (AvgIpc) is 3.46. The molecule has 1 atom stereocenters. The van der Waals surface area contributed by atoms with E-state index in [-0.39, 0.29) is 4.08 Å². The molecule has 0 N–H and O–H groups in total. The molecule has 7 aromatic carbocycles. The Balaban J connectivity index is 0.00000221. The van der Waals surface area contributed by atoms with E-state index in [4.69, 9.17) is 0 Å². The Morgan fingerprint density at radius 2 is 0.870 bits per heavy atom. The van der Waals surface area contributed by atoms with E-state index in [1.165, 1.54) is 49.5 Å². The maximum absolute atomic E-state index is 2.69. The SMILES string of the molecule is CC.CC(C)S(C)(C(C)C)C1(S(C)(C)C)c2cc3cc(-c4ccccc4)ccc3cc2-c2cc3ccc(N(c4ccccc4)c4ccccc4)cc3cc21. The summed E-state index contributed by atoms with van der Waals surface area (Å²) in [7, 11) is -2.51. The lowest BCUT2D eigenvalue weighted by Gasteiger charge is -2.65. The van der Waals surface area contributed by atoms with E-state index in [2.05, 4.69) is 209 Å². The Bertz CT molecular complexity index is 2360. The fourth-order valence-electron chi connectivity index (χ4n) is 9.15. The molecule has 54 heavy (non-hydrogen) atoms. The number of hydrogen-bond acceptors (Lipinski definition) is 1. The molecular formula is C51H57NS2. The van der Waals surface area contributed by atoms with Gasteiger partial charge in [0.25, 0.3) is 0 Å². The molecule has 1 aliphatic rings. The lowest BCUT2D eigenvalue weighted by Crippen LogP contribution is -2.43. The van der Waals surface area contributed by atoms with Crippen LogP contribution in [0.2, 0.25) is 0 Å². The molecular weight excluding hydrogens is 691 g/mol. The molecule has 0 radical (unpaired) electrons. The third kappa shape index (κ3) is 5.96. The summed E-state index contributed by atoms with van der Waals surface area (Å²) in [5.74, 6) is 0. The highest BCUT2D eigenvalue weighted by Crippen LogP contribution is 2.85. The van der Waals surface area contributed by atoms with Crippen LogP contribution in [0.4, 0.5) is 17.1 Å². The zero-order valence-electron chi connectivity index (χ0n) is 33.9. The van der Waals surface area contributed by atoms with E-state index < -0.39 is 20.1 Å². The summed E-state index contributed by atoms with van der Waals surface area (Å²) in [6.45, 7) is 14.0. The lowest BCUT2D eigenvalue weighted by molar-refractivity contribution is 0.944. The van der Waals surface area contributed by atoms with Crippen molar-refractivity contribution in [3.05, 3.63) is 163 Å². The molecule has 278 valence electrons. The van der Waals surface area contributed by atoms with Gasteiger partial charge in [0.15, 0.2) is 0 Å². The van der Waals surface area contributed by atoms with Gasteiger partial charge in [0, 0.05) is 17.1 Å². The van der Waals surface area contributed by atoms with Gasteiger partial charge < -0.3 is 4.90 Å². The van der Waals surface area contributed by atoms with Crippen LogP contribution in [0.25, 0.3) is 43.8 Å². The third-order valence-electron chi connectivity index (χ3n) is 11.8. The van der Waals surface area contributed by atoms with Gasteiger partial charge in [-0.25, -0.2) is 20.1 Å². The highest BCUT2D eigenvalue weighted by atomic mass is 32.3. The molecule has 0 spiro atoms. The zero-order valence-corrected chi connectivity index (χ0v) is 35.5. The van der Waals surface area contributed by atoms with E-state index in [9.17, 15) is 0 Å². The van der Waals surface area contributed by atoms with E-state index in [0.29, 0.717) is 10.5 Å². The Labute approximate surface area is 328 Å². The Hall–Kier alpha value is -4.44. The van der Waals surface area contributed by atoms with Gasteiger partial charge in [0.05, 0.1) is 4.08 Å². The molecule has 1 aliphatic carbocycles. The minimum absolute atomic E-state index is 0.0906. The molecule has 0 heterocycles. The quantitative estimate of drug-likeness (QED) is 0.150. The van der Waals surface area contributed by atoms with E-state index in [1.54, 1.807) is 11.1 Å². The van der Waals surface area contributed by atoms with Crippen LogP contribution in [-0.4, -0.2) is 35.5 Å². The van der Waals surface area contributed by atoms with Crippen LogP contribution >= 0.6 is 20.1 Å². The number of anilines is 3. The molecule has 3 heteroatoms. The zero-order chi connectivity index (χ0) is 38.4. The van der Waals surface area contributed by atoms with Gasteiger partial charge in [-0.2, -0.15) is 0 Å². The molecule has 8 rings (SSSR count). The minimum Gasteiger partial charge on any atom is -0.310 e. The molecule has 0 aliphatic heterocycles. The lowest BCUT2D eigenvalue weighted by atomic mass is 9.96. The van der Waals surface area contributed by atoms with Gasteiger partial charge in [-0.1, -0.05) is 126 Å². The normalized spacial score (nSPS) is 15.9. The van der Waals surface area contributed by atoms with Gasteiger partial charge in [0.1, 0.15) is 0 Å². The predicted octanol–water partition coefficient (Wildman–Crippen LogP) is 15.3. The molecule has 0 aromatic heterocycles. The van der Waals surface area contributed by atoms with Crippen molar-refractivity contribution in [2.24, 2.45) is 0 Å². The molecule has 7 aromatic rings. The summed E-state index contributed by atoms with van der Waals surface area (Å²) in [5.41, 5.74) is 12.0. The Morgan fingerprint density at radius 1 is 0.426 bits per heavy atom. The monoisotopic (exact) mass is 747 g/mol. The predicted molar refractivity (Wildman–Crippen MR) is 248 cm³/mol. The molecule has 1 unspecified atom stereocenters. The second kappa shape index (κ2) is 14.7. The highest BCUT2D eigenvalue weighted by Gasteiger charge is 2.59. The van der Waals surface area contributed by atoms with Crippen LogP contribution in [0.1, 0.15) is 52.7 Å². The number of benzene rings is 7. The van der Waals surface area contributed by atoms with Crippen LogP contribution in [0.3, 0.4) is 0 Å². The minimum atomic E-state index is -1.28. The first-order valence-corrected chi connectivity index (χ1v) is 24.5. The molecule has 0 fully saturated rings. The Kier molecular flexibility index (Phi) is 10.3. The second-order valence-corrected chi connectivity index (χ2v) is 25.0. The maximum Gasteiger partial charge on any atom is 0.0820 e. The van der Waals surface area contributed by atoms with Crippen LogP contribution in [0, 0.1) is 0 Å². The van der Waals surface area contributed by atoms with Crippen LogP contribution in [0.15, 0.2) is 152 Å². The summed E-state index contributed by atoms with van der Waals surface area (Å²) in [6.07, 6.45) is 10.5. The largest absolute Gasteiger partial charge is 0.310 e. The first-order chi connectivity index (χ1) is 25.9. The van der Waals surface area contributed by atoms with E-state index in [0.717, 1.165) is 11.4 Å². The first-order valence-electron chi connectivity index (χ1n) is 19.5. The second-order valence-electron chi connectivity index (χ2n) is 15.9. The summed E-state index contributed by atoms with van der Waals surface area (Å²) in [5, 5.41) is 6.32. The number of fused-ring (bicyclic) bond motifs is 5. The van der Waals surface area contributed by atoms with Gasteiger partial charge >= 0.3 is 0 Å². The molecule has 1 nitrogen and oxygen atoms in total. The van der Waals surface area contributed by atoms with Crippen molar-refractivity contribution >= 4 is 58.7 Å². The average molecular weight is 748 g/mol. The highest BCUT2D eigenvalue weighted by molar-refractivity contribution is 8.49. The van der Waals surface area contributed by atoms with E-state index >= 15 is 0 Å². The van der Waals surface area contributed by atoms with Crippen molar-refractivity contribution in [2.45, 2.75) is 56.1 Å². The number of hydrogen-bond donors (Lipinski definition) is 0. The summed E-state index contributed by atoms with van der Waals surface area (Å²) >= 11 is 0. The van der Waals surface area contributed by atoms with Gasteiger partial charge in [-0.3, -0.25) is 0 Å². The summed E-state index contributed by atoms with van der Waals surface area (Å²) in [4.78, 5) is 2.39. The van der Waals surface area contributed by atoms with Crippen LogP contribution in [-0.2, 0) is 4.08 Å². The smallest absolute Gasteiger partial charge is 0.0820 e. The number of rotatable bonds is 8. The van der Waals surface area contributed by atoms with Crippen LogP contribution < -0.4 is 4.90 Å². The van der Waals surface area contributed by atoms with Gasteiger partial charge in [0.2, 0.25) is 0 Å². The number of nitrogens with zero attached hydrogens (tertiary/aromatic N) is 1. The standard InChI is InChI=1S/C49H51NS2.C2H6/c1-34(2)52(8,35(3)4)49(51(5,6)7)47-32-40-28-37(36-18-12-9-13-19-36)24-25-38(40)30-45(47)46-31-39-26-27-44(29-41(39)33-48(46)49)50(42-20-14-10-15-21-42)43-22-16-11-17-23-43;1-2/h9-35H,1-8H3;1-2H3. The van der Waals surface area contributed by atoms with Crippen molar-refractivity contribution in [1.82, 2.24) is 0 Å². The van der Waals surface area contributed by atoms with E-state index in [1.807, 2.05) is 13.8 Å². The van der Waals surface area contributed by atoms with Gasteiger partial charge in [-0.15, -0.1) is 0 Å². The molecule has 0 bridgehead atoms. The van der Waals surface area contributed by atoms with Crippen molar-refractivity contribution in [3.63, 3.8) is 0 Å². The van der Waals surface area contributed by atoms with Gasteiger partial charge in [-0.05, 0) is 157 Å². The fourth-order valence-corrected chi connectivity index (χ4v) is 20.0. The van der Waals surface area contributed by atoms with Crippen LogP contribution in [0.5, 0.6) is 0 Å². The molecule has 0 saturated carbocycles.